The van der Waals surface area contributed by atoms with Crippen LogP contribution in [0.1, 0.15) is 34.0 Å². The first kappa shape index (κ1) is 24.0. The van der Waals surface area contributed by atoms with Crippen LogP contribution in [0.4, 0.5) is 0 Å². The number of aromatic nitrogens is 4. The van der Waals surface area contributed by atoms with Crippen LogP contribution in [-0.4, -0.2) is 33.8 Å². The van der Waals surface area contributed by atoms with Crippen LogP contribution in [0, 0.1) is 6.92 Å². The van der Waals surface area contributed by atoms with Gasteiger partial charge in [0.25, 0.3) is 0 Å². The molecule has 2 aromatic heterocycles. The number of nitrogens with zero attached hydrogens (tertiary/aromatic N) is 4. The number of hydrogen-bond acceptors (Lipinski definition) is 7. The quantitative estimate of drug-likeness (QED) is 0.244. The summed E-state index contributed by atoms with van der Waals surface area (Å²) in [7, 11) is 3.27. The van der Waals surface area contributed by atoms with E-state index in [-0.39, 0.29) is 12.5 Å². The van der Waals surface area contributed by atoms with E-state index in [2.05, 4.69) is 34.3 Å². The van der Waals surface area contributed by atoms with Gasteiger partial charge in [0.15, 0.2) is 23.0 Å². The third-order valence-corrected chi connectivity index (χ3v) is 7.27. The summed E-state index contributed by atoms with van der Waals surface area (Å²) in [6, 6.07) is 26.3. The minimum absolute atomic E-state index is 0.225. The van der Waals surface area contributed by atoms with Crippen LogP contribution in [0.5, 0.6) is 28.9 Å². The second-order valence-electron chi connectivity index (χ2n) is 9.72. The van der Waals surface area contributed by atoms with Gasteiger partial charge >= 0.3 is 0 Å². The molecule has 0 saturated carbocycles. The fraction of sp³-hybridized carbons (Fsp3) is 0.156. The van der Waals surface area contributed by atoms with Crippen molar-refractivity contribution >= 4 is 16.4 Å². The van der Waals surface area contributed by atoms with Crippen LogP contribution in [0.2, 0.25) is 0 Å². The van der Waals surface area contributed by atoms with Crippen LogP contribution < -0.4 is 18.9 Å². The highest BCUT2D eigenvalue weighted by atomic mass is 16.5. The molecule has 0 fully saturated rings. The van der Waals surface area contributed by atoms with Gasteiger partial charge in [-0.1, -0.05) is 60.2 Å². The topological polar surface area (TPSA) is 80.0 Å². The molecule has 4 aromatic carbocycles. The van der Waals surface area contributed by atoms with E-state index in [1.807, 2.05) is 61.5 Å². The van der Waals surface area contributed by atoms with Gasteiger partial charge in [-0.05, 0) is 42.1 Å². The molecule has 8 nitrogen and oxygen atoms in total. The van der Waals surface area contributed by atoms with E-state index in [4.69, 9.17) is 23.9 Å². The molecule has 1 aliphatic rings. The molecule has 1 aliphatic heterocycles. The highest BCUT2D eigenvalue weighted by Gasteiger charge is 2.34. The summed E-state index contributed by atoms with van der Waals surface area (Å²) in [5, 5.41) is 6.78. The predicted molar refractivity (Wildman–Crippen MR) is 151 cm³/mol. The monoisotopic (exact) mass is 530 g/mol. The number of hydrogen-bond donors (Lipinski definition) is 0. The van der Waals surface area contributed by atoms with Crippen molar-refractivity contribution in [1.29, 1.82) is 0 Å². The molecule has 8 heteroatoms. The van der Waals surface area contributed by atoms with Gasteiger partial charge in [0.05, 0.1) is 19.8 Å². The molecular weight excluding hydrogens is 504 g/mol. The summed E-state index contributed by atoms with van der Waals surface area (Å²) in [6.45, 7) is 2.27. The zero-order valence-electron chi connectivity index (χ0n) is 22.3. The van der Waals surface area contributed by atoms with E-state index >= 15 is 0 Å². The van der Waals surface area contributed by atoms with Crippen molar-refractivity contribution in [2.75, 3.05) is 14.2 Å². The SMILES string of the molecule is COc1ccc([C@@H]2c3ccc4ccccc4c3Oc3ncn4nc(COc5ccc(C)cc5)nc4c32)cc1OC. The second-order valence-corrected chi connectivity index (χ2v) is 9.72. The lowest BCUT2D eigenvalue weighted by Gasteiger charge is -2.29. The molecule has 0 bridgehead atoms. The number of aryl methyl sites for hydroxylation is 1. The summed E-state index contributed by atoms with van der Waals surface area (Å²) < 4.78 is 25.4. The zero-order chi connectivity index (χ0) is 27.2. The van der Waals surface area contributed by atoms with Crippen molar-refractivity contribution in [1.82, 2.24) is 19.6 Å². The molecule has 0 radical (unpaired) electrons. The van der Waals surface area contributed by atoms with E-state index in [1.165, 1.54) is 5.56 Å². The lowest BCUT2D eigenvalue weighted by Crippen LogP contribution is -2.15. The molecule has 7 rings (SSSR count). The summed E-state index contributed by atoms with van der Waals surface area (Å²) in [4.78, 5) is 9.58. The third-order valence-electron chi connectivity index (χ3n) is 7.27. The lowest BCUT2D eigenvalue weighted by atomic mass is 9.82. The Morgan fingerprint density at radius 1 is 0.900 bits per heavy atom. The standard InChI is InChI=1S/C32H26N4O4/c1-19-8-12-22(13-9-19)39-17-27-34-31-29-28(21-11-15-25(37-2)26(16-21)38-3)24-14-10-20-6-4-5-7-23(20)30(24)40-32(29)33-18-36(31)35-27/h4-16,18,28H,17H2,1-3H3/t28-/m1/s1. The average Bonchev–Trinajstić information content (AvgIpc) is 3.43. The normalized spacial score (nSPS) is 13.9. The third kappa shape index (κ3) is 3.96. The fourth-order valence-electron chi connectivity index (χ4n) is 5.31. The average molecular weight is 531 g/mol. The smallest absolute Gasteiger partial charge is 0.228 e. The summed E-state index contributed by atoms with van der Waals surface area (Å²) in [5.74, 6) is 3.65. The van der Waals surface area contributed by atoms with Gasteiger partial charge in [0.2, 0.25) is 5.88 Å². The molecule has 1 atom stereocenters. The van der Waals surface area contributed by atoms with Crippen LogP contribution in [0.3, 0.4) is 0 Å². The minimum Gasteiger partial charge on any atom is -0.493 e. The molecule has 0 unspecified atom stereocenters. The van der Waals surface area contributed by atoms with Crippen LogP contribution in [0.15, 0.2) is 85.2 Å². The Bertz CT molecular complexity index is 1880. The maximum atomic E-state index is 6.52. The van der Waals surface area contributed by atoms with Crippen molar-refractivity contribution in [3.05, 3.63) is 113 Å². The number of methoxy groups -OCH3 is 2. The molecule has 0 N–H and O–H groups in total. The van der Waals surface area contributed by atoms with Crippen molar-refractivity contribution < 1.29 is 18.9 Å². The molecule has 6 aromatic rings. The second kappa shape index (κ2) is 9.57. The first-order valence-electron chi connectivity index (χ1n) is 13.0. The highest BCUT2D eigenvalue weighted by molar-refractivity contribution is 5.91. The molecule has 198 valence electrons. The van der Waals surface area contributed by atoms with Gasteiger partial charge in [-0.25, -0.2) is 14.5 Å². The number of benzene rings is 4. The number of fused-ring (bicyclic) bond motifs is 6. The van der Waals surface area contributed by atoms with E-state index in [0.717, 1.165) is 39.0 Å². The van der Waals surface area contributed by atoms with E-state index in [9.17, 15) is 0 Å². The van der Waals surface area contributed by atoms with Gasteiger partial charge in [-0.2, -0.15) is 0 Å². The first-order valence-corrected chi connectivity index (χ1v) is 13.0. The Labute approximate surface area is 230 Å². The van der Waals surface area contributed by atoms with Gasteiger partial charge < -0.3 is 18.9 Å². The summed E-state index contributed by atoms with van der Waals surface area (Å²) in [5.41, 5.74) is 4.66. The maximum absolute atomic E-state index is 6.52. The molecular formula is C32H26N4O4. The van der Waals surface area contributed by atoms with Gasteiger partial charge in [0, 0.05) is 16.9 Å². The Morgan fingerprint density at radius 2 is 1.73 bits per heavy atom. The van der Waals surface area contributed by atoms with E-state index < -0.39 is 0 Å². The minimum atomic E-state index is -0.241. The molecule has 0 aliphatic carbocycles. The van der Waals surface area contributed by atoms with Crippen LogP contribution in [-0.2, 0) is 6.61 Å². The number of ether oxygens (including phenoxy) is 4. The van der Waals surface area contributed by atoms with Gasteiger partial charge in [-0.3, -0.25) is 0 Å². The fourth-order valence-corrected chi connectivity index (χ4v) is 5.31. The Morgan fingerprint density at radius 3 is 2.55 bits per heavy atom. The summed E-state index contributed by atoms with van der Waals surface area (Å²) >= 11 is 0. The van der Waals surface area contributed by atoms with Crippen LogP contribution >= 0.6 is 0 Å². The Kier molecular flexibility index (Phi) is 5.73. The molecule has 0 spiro atoms. The molecule has 3 heterocycles. The van der Waals surface area contributed by atoms with Gasteiger partial charge in [0.1, 0.15) is 24.4 Å². The van der Waals surface area contributed by atoms with Gasteiger partial charge in [-0.15, -0.1) is 5.10 Å². The summed E-state index contributed by atoms with van der Waals surface area (Å²) in [6.07, 6.45) is 1.64. The van der Waals surface area contributed by atoms with Crippen LogP contribution in [0.25, 0.3) is 16.4 Å². The van der Waals surface area contributed by atoms with Crippen molar-refractivity contribution in [3.8, 4) is 28.9 Å². The Balaban J connectivity index is 1.39. The van der Waals surface area contributed by atoms with E-state index in [1.54, 1.807) is 25.1 Å². The molecule has 0 amide bonds. The largest absolute Gasteiger partial charge is 0.493 e. The van der Waals surface area contributed by atoms with Crippen molar-refractivity contribution in [3.63, 3.8) is 0 Å². The van der Waals surface area contributed by atoms with Crippen molar-refractivity contribution in [2.24, 2.45) is 0 Å². The zero-order valence-corrected chi connectivity index (χ0v) is 22.3. The number of rotatable bonds is 6. The molecule has 40 heavy (non-hydrogen) atoms. The lowest BCUT2D eigenvalue weighted by molar-refractivity contribution is 0.296. The highest BCUT2D eigenvalue weighted by Crippen LogP contribution is 2.51. The van der Waals surface area contributed by atoms with E-state index in [0.29, 0.717) is 28.9 Å². The molecule has 0 saturated heterocycles. The Hall–Kier alpha value is -5.11. The maximum Gasteiger partial charge on any atom is 0.228 e. The van der Waals surface area contributed by atoms with Crippen molar-refractivity contribution in [2.45, 2.75) is 19.4 Å². The first-order chi connectivity index (χ1) is 19.6. The predicted octanol–water partition coefficient (Wildman–Crippen LogP) is 6.47.